The van der Waals surface area contributed by atoms with Crippen LogP contribution in [0.15, 0.2) is 29.2 Å². The minimum Gasteiger partial charge on any atom is -0.492 e. The highest BCUT2D eigenvalue weighted by molar-refractivity contribution is 7.89. The second kappa shape index (κ2) is 8.93. The summed E-state index contributed by atoms with van der Waals surface area (Å²) in [6.07, 6.45) is 0. The smallest absolute Gasteiger partial charge is 0.272 e. The number of benzene rings is 1. The van der Waals surface area contributed by atoms with E-state index in [2.05, 4.69) is 5.32 Å². The van der Waals surface area contributed by atoms with Gasteiger partial charge in [-0.3, -0.25) is 4.79 Å². The van der Waals surface area contributed by atoms with E-state index < -0.39 is 15.9 Å². The van der Waals surface area contributed by atoms with E-state index in [1.165, 1.54) is 27.1 Å². The van der Waals surface area contributed by atoms with E-state index in [0.717, 1.165) is 0 Å². The highest BCUT2D eigenvalue weighted by Crippen LogP contribution is 2.31. The van der Waals surface area contributed by atoms with E-state index in [9.17, 15) is 13.2 Å². The first-order valence-electron chi connectivity index (χ1n) is 8.92. The van der Waals surface area contributed by atoms with Crippen molar-refractivity contribution in [3.8, 4) is 5.75 Å². The molecule has 1 fully saturated rings. The molecule has 11 heteroatoms. The number of hydrogen-bond acceptors (Lipinski definition) is 5. The van der Waals surface area contributed by atoms with Crippen LogP contribution in [0, 0.1) is 0 Å². The molecule has 1 aromatic heterocycles. The second-order valence-electron chi connectivity index (χ2n) is 6.29. The van der Waals surface area contributed by atoms with Gasteiger partial charge in [0.25, 0.3) is 5.91 Å². The van der Waals surface area contributed by atoms with Crippen LogP contribution in [0.2, 0.25) is 10.2 Å². The van der Waals surface area contributed by atoms with Crippen LogP contribution in [0.1, 0.15) is 17.4 Å². The molecule has 0 radical (unpaired) electrons. The number of carbonyl (C=O) groups excluding carboxylic acids is 1. The van der Waals surface area contributed by atoms with Gasteiger partial charge < -0.3 is 19.4 Å². The van der Waals surface area contributed by atoms with Gasteiger partial charge in [-0.05, 0) is 31.2 Å². The summed E-state index contributed by atoms with van der Waals surface area (Å²) in [7, 11) is -2.21. The minimum atomic E-state index is -3.82. The molecule has 0 atom stereocenters. The number of anilines is 1. The van der Waals surface area contributed by atoms with Gasteiger partial charge in [-0.25, -0.2) is 8.42 Å². The van der Waals surface area contributed by atoms with Crippen molar-refractivity contribution < 1.29 is 22.7 Å². The molecule has 1 aliphatic rings. The quantitative estimate of drug-likeness (QED) is 0.713. The maximum atomic E-state index is 13.1. The van der Waals surface area contributed by atoms with Crippen molar-refractivity contribution in [3.63, 3.8) is 0 Å². The summed E-state index contributed by atoms with van der Waals surface area (Å²) in [5.41, 5.74) is 0.546. The number of morpholine rings is 1. The molecule has 29 heavy (non-hydrogen) atoms. The summed E-state index contributed by atoms with van der Waals surface area (Å²) in [6, 6.07) is 5.93. The Bertz CT molecular complexity index is 1020. The van der Waals surface area contributed by atoms with Gasteiger partial charge >= 0.3 is 0 Å². The largest absolute Gasteiger partial charge is 0.492 e. The Balaban J connectivity index is 1.94. The Morgan fingerprint density at radius 1 is 1.24 bits per heavy atom. The highest BCUT2D eigenvalue weighted by atomic mass is 35.5. The van der Waals surface area contributed by atoms with E-state index in [-0.39, 0.29) is 39.6 Å². The molecule has 0 saturated carbocycles. The van der Waals surface area contributed by atoms with Gasteiger partial charge in [-0.15, -0.1) is 0 Å². The van der Waals surface area contributed by atoms with Gasteiger partial charge in [0.15, 0.2) is 0 Å². The first-order chi connectivity index (χ1) is 13.8. The molecule has 1 saturated heterocycles. The van der Waals surface area contributed by atoms with E-state index in [1.54, 1.807) is 20.0 Å². The van der Waals surface area contributed by atoms with Crippen molar-refractivity contribution in [1.29, 1.82) is 0 Å². The lowest BCUT2D eigenvalue weighted by molar-refractivity contribution is 0.0729. The van der Waals surface area contributed by atoms with Gasteiger partial charge in [-0.1, -0.05) is 23.2 Å². The topological polar surface area (TPSA) is 89.9 Å². The number of nitrogens with zero attached hydrogens (tertiary/aromatic N) is 2. The Labute approximate surface area is 179 Å². The molecule has 0 bridgehead atoms. The molecule has 1 amide bonds. The zero-order chi connectivity index (χ0) is 21.2. The van der Waals surface area contributed by atoms with Gasteiger partial charge in [0.05, 0.1) is 24.8 Å². The molecule has 0 unspecified atom stereocenters. The first kappa shape index (κ1) is 21.9. The predicted molar refractivity (Wildman–Crippen MR) is 111 cm³/mol. The van der Waals surface area contributed by atoms with Crippen LogP contribution < -0.4 is 10.1 Å². The molecule has 3 rings (SSSR count). The number of ether oxygens (including phenoxy) is 2. The molecule has 0 aliphatic carbocycles. The van der Waals surface area contributed by atoms with Crippen LogP contribution in [-0.2, 0) is 21.8 Å². The van der Waals surface area contributed by atoms with Crippen LogP contribution in [0.25, 0.3) is 0 Å². The van der Waals surface area contributed by atoms with Crippen molar-refractivity contribution in [3.05, 3.63) is 40.1 Å². The van der Waals surface area contributed by atoms with Gasteiger partial charge in [-0.2, -0.15) is 4.31 Å². The number of sulfonamides is 1. The Kier molecular flexibility index (Phi) is 6.75. The maximum Gasteiger partial charge on any atom is 0.272 e. The van der Waals surface area contributed by atoms with Gasteiger partial charge in [0.1, 0.15) is 21.5 Å². The number of nitrogens with one attached hydrogen (secondary N) is 1. The van der Waals surface area contributed by atoms with Crippen molar-refractivity contribution in [2.24, 2.45) is 7.05 Å². The fourth-order valence-corrected chi connectivity index (χ4v) is 4.88. The lowest BCUT2D eigenvalue weighted by Crippen LogP contribution is -2.40. The van der Waals surface area contributed by atoms with Gasteiger partial charge in [0, 0.05) is 25.8 Å². The summed E-state index contributed by atoms with van der Waals surface area (Å²) < 4.78 is 39.8. The third kappa shape index (κ3) is 4.54. The molecule has 1 aromatic carbocycles. The Hall–Kier alpha value is -1.78. The lowest BCUT2D eigenvalue weighted by atomic mass is 10.3. The zero-order valence-electron chi connectivity index (χ0n) is 15.9. The minimum absolute atomic E-state index is 0.0120. The fourth-order valence-electron chi connectivity index (χ4n) is 2.94. The number of carbonyl (C=O) groups is 1. The summed E-state index contributed by atoms with van der Waals surface area (Å²) in [5.74, 6) is -0.248. The van der Waals surface area contributed by atoms with Crippen LogP contribution in [0.4, 0.5) is 5.69 Å². The summed E-state index contributed by atoms with van der Waals surface area (Å²) in [6.45, 7) is 3.24. The SMILES string of the molecule is CCOc1ccc(NC(=O)c2cc(Cl)c(Cl)n2C)cc1S(=O)(=O)N1CCOCC1. The molecule has 0 spiro atoms. The van der Waals surface area contributed by atoms with Crippen LogP contribution >= 0.6 is 23.2 Å². The summed E-state index contributed by atoms with van der Waals surface area (Å²) >= 11 is 12.0. The van der Waals surface area contributed by atoms with E-state index in [1.807, 2.05) is 0 Å². The van der Waals surface area contributed by atoms with Crippen LogP contribution in [-0.4, -0.2) is 56.1 Å². The van der Waals surface area contributed by atoms with Crippen molar-refractivity contribution in [1.82, 2.24) is 8.87 Å². The molecular weight excluding hydrogens is 441 g/mol. The van der Waals surface area contributed by atoms with Gasteiger partial charge in [0.2, 0.25) is 10.0 Å². The number of aromatic nitrogens is 1. The molecule has 8 nitrogen and oxygen atoms in total. The summed E-state index contributed by atoms with van der Waals surface area (Å²) in [4.78, 5) is 12.6. The average molecular weight is 462 g/mol. The zero-order valence-corrected chi connectivity index (χ0v) is 18.3. The highest BCUT2D eigenvalue weighted by Gasteiger charge is 2.30. The maximum absolute atomic E-state index is 13.1. The van der Waals surface area contributed by atoms with E-state index in [0.29, 0.717) is 25.5 Å². The molecule has 2 aromatic rings. The molecule has 1 N–H and O–H groups in total. The molecule has 158 valence electrons. The molecular formula is C18H21Cl2N3O5S. The van der Waals surface area contributed by atoms with Crippen molar-refractivity contribution in [2.45, 2.75) is 11.8 Å². The normalized spacial score (nSPS) is 15.3. The van der Waals surface area contributed by atoms with Crippen LogP contribution in [0.5, 0.6) is 5.75 Å². The van der Waals surface area contributed by atoms with E-state index in [4.69, 9.17) is 32.7 Å². The Morgan fingerprint density at radius 3 is 2.52 bits per heavy atom. The standard InChI is InChI=1S/C18H21Cl2N3O5S/c1-3-28-15-5-4-12(21-18(24)14-11-13(19)17(20)22(14)2)10-16(15)29(25,26)23-6-8-27-9-7-23/h4-5,10-11H,3,6-9H2,1-2H3,(H,21,24). The lowest BCUT2D eigenvalue weighted by Gasteiger charge is -2.27. The number of hydrogen-bond donors (Lipinski definition) is 1. The third-order valence-electron chi connectivity index (χ3n) is 4.44. The number of halogens is 2. The molecule has 2 heterocycles. The Morgan fingerprint density at radius 2 is 1.93 bits per heavy atom. The van der Waals surface area contributed by atoms with Crippen molar-refractivity contribution in [2.75, 3.05) is 38.2 Å². The predicted octanol–water partition coefficient (Wildman–Crippen LogP) is 3.00. The van der Waals surface area contributed by atoms with E-state index >= 15 is 0 Å². The second-order valence-corrected chi connectivity index (χ2v) is 8.96. The first-order valence-corrected chi connectivity index (χ1v) is 11.1. The average Bonchev–Trinajstić information content (AvgIpc) is 2.97. The number of rotatable bonds is 6. The molecule has 1 aliphatic heterocycles. The third-order valence-corrected chi connectivity index (χ3v) is 7.20. The van der Waals surface area contributed by atoms with Crippen molar-refractivity contribution >= 4 is 44.8 Å². The monoisotopic (exact) mass is 461 g/mol. The summed E-state index contributed by atoms with van der Waals surface area (Å²) in [5, 5.41) is 3.17. The fraction of sp³-hybridized carbons (Fsp3) is 0.389. The number of amides is 1. The van der Waals surface area contributed by atoms with Crippen LogP contribution in [0.3, 0.4) is 0 Å².